The molecule has 6 nitrogen and oxygen atoms in total. The van der Waals surface area contributed by atoms with E-state index >= 15 is 0 Å². The van der Waals surface area contributed by atoms with E-state index in [1.807, 2.05) is 54.6 Å². The van der Waals surface area contributed by atoms with Gasteiger partial charge in [-0.25, -0.2) is 9.78 Å². The molecule has 0 saturated carbocycles. The first-order valence-electron chi connectivity index (χ1n) is 9.75. The van der Waals surface area contributed by atoms with Crippen molar-refractivity contribution in [2.75, 3.05) is 5.32 Å². The van der Waals surface area contributed by atoms with Crippen LogP contribution < -0.4 is 10.6 Å². The van der Waals surface area contributed by atoms with Crippen molar-refractivity contribution >= 4 is 28.5 Å². The van der Waals surface area contributed by atoms with E-state index in [9.17, 15) is 9.59 Å². The van der Waals surface area contributed by atoms with Gasteiger partial charge in [-0.05, 0) is 55.3 Å². The first-order valence-corrected chi connectivity index (χ1v) is 9.75. The number of aromatic amines is 1. The van der Waals surface area contributed by atoms with Gasteiger partial charge in [0.1, 0.15) is 5.82 Å². The molecule has 6 heteroatoms. The summed E-state index contributed by atoms with van der Waals surface area (Å²) in [5.41, 5.74) is 4.08. The average Bonchev–Trinajstić information content (AvgIpc) is 3.19. The second-order valence-corrected chi connectivity index (χ2v) is 7.11. The van der Waals surface area contributed by atoms with Gasteiger partial charge < -0.3 is 15.6 Å². The molecule has 0 saturated heterocycles. The van der Waals surface area contributed by atoms with Crippen molar-refractivity contribution < 1.29 is 9.59 Å². The summed E-state index contributed by atoms with van der Waals surface area (Å²) in [7, 11) is 0. The van der Waals surface area contributed by atoms with Gasteiger partial charge in [-0.3, -0.25) is 4.79 Å². The van der Waals surface area contributed by atoms with Crippen LogP contribution in [0.15, 0.2) is 78.9 Å². The highest BCUT2D eigenvalue weighted by molar-refractivity contribution is 5.95. The number of carbonyl (C=O) groups is 2. The summed E-state index contributed by atoms with van der Waals surface area (Å²) in [6.45, 7) is 1.51. The van der Waals surface area contributed by atoms with Gasteiger partial charge in [0.25, 0.3) is 0 Å². The number of nitrogens with zero attached hydrogens (tertiary/aromatic N) is 1. The Morgan fingerprint density at radius 2 is 1.63 bits per heavy atom. The van der Waals surface area contributed by atoms with Crippen LogP contribution in [0.3, 0.4) is 0 Å². The minimum atomic E-state index is -0.341. The van der Waals surface area contributed by atoms with E-state index < -0.39 is 0 Å². The van der Waals surface area contributed by atoms with Gasteiger partial charge in [-0.2, -0.15) is 0 Å². The molecule has 3 aromatic carbocycles. The predicted octanol–water partition coefficient (Wildman–Crippen LogP) is 4.87. The van der Waals surface area contributed by atoms with Gasteiger partial charge in [0, 0.05) is 11.3 Å². The standard InChI is InChI=1S/C24H22N4O2/c1-16(29)18-11-13-19(14-12-18)25-24(30)28-22(15-17-7-3-2-4-8-17)23-26-20-9-5-6-10-21(20)27-23/h2-14,22H,15H2,1H3,(H,26,27)(H2,25,28,30). The van der Waals surface area contributed by atoms with E-state index in [0.717, 1.165) is 16.6 Å². The fraction of sp³-hybridized carbons (Fsp3) is 0.125. The smallest absolute Gasteiger partial charge is 0.319 e. The Balaban J connectivity index is 1.54. The molecule has 4 rings (SSSR count). The average molecular weight is 398 g/mol. The lowest BCUT2D eigenvalue weighted by Gasteiger charge is -2.17. The molecular weight excluding hydrogens is 376 g/mol. The van der Waals surface area contributed by atoms with Crippen molar-refractivity contribution in [1.82, 2.24) is 15.3 Å². The molecule has 150 valence electrons. The van der Waals surface area contributed by atoms with Crippen LogP contribution in [-0.4, -0.2) is 21.8 Å². The quantitative estimate of drug-likeness (QED) is 0.405. The molecule has 0 spiro atoms. The number of carbonyl (C=O) groups excluding carboxylic acids is 2. The maximum Gasteiger partial charge on any atom is 0.319 e. The van der Waals surface area contributed by atoms with Crippen LogP contribution >= 0.6 is 0 Å². The molecule has 2 amide bonds. The number of anilines is 1. The molecule has 30 heavy (non-hydrogen) atoms. The zero-order chi connectivity index (χ0) is 20.9. The van der Waals surface area contributed by atoms with Crippen LogP contribution in [0.1, 0.15) is 34.7 Å². The Kier molecular flexibility index (Phi) is 5.57. The van der Waals surface area contributed by atoms with Crippen molar-refractivity contribution in [3.63, 3.8) is 0 Å². The molecule has 0 radical (unpaired) electrons. The summed E-state index contributed by atoms with van der Waals surface area (Å²) in [6.07, 6.45) is 0.595. The number of urea groups is 1. The van der Waals surface area contributed by atoms with Gasteiger partial charge in [0.15, 0.2) is 5.78 Å². The van der Waals surface area contributed by atoms with E-state index in [1.54, 1.807) is 24.3 Å². The number of Topliss-reactive ketones (excluding diaryl/α,β-unsaturated/α-hetero) is 1. The normalized spacial score (nSPS) is 11.8. The molecule has 1 atom stereocenters. The monoisotopic (exact) mass is 398 g/mol. The van der Waals surface area contributed by atoms with E-state index in [0.29, 0.717) is 23.5 Å². The number of hydrogen-bond acceptors (Lipinski definition) is 3. The number of aromatic nitrogens is 2. The number of rotatable bonds is 6. The number of ketones is 1. The Morgan fingerprint density at radius 1 is 0.933 bits per heavy atom. The summed E-state index contributed by atoms with van der Waals surface area (Å²) in [5, 5.41) is 5.84. The number of imidazole rings is 1. The number of H-pyrrole nitrogens is 1. The zero-order valence-electron chi connectivity index (χ0n) is 16.6. The zero-order valence-corrected chi connectivity index (χ0v) is 16.6. The van der Waals surface area contributed by atoms with Crippen molar-refractivity contribution in [2.24, 2.45) is 0 Å². The summed E-state index contributed by atoms with van der Waals surface area (Å²) in [4.78, 5) is 32.1. The number of amides is 2. The van der Waals surface area contributed by atoms with Gasteiger partial charge in [-0.15, -0.1) is 0 Å². The van der Waals surface area contributed by atoms with Gasteiger partial charge in [-0.1, -0.05) is 42.5 Å². The van der Waals surface area contributed by atoms with E-state index in [2.05, 4.69) is 20.6 Å². The van der Waals surface area contributed by atoms with Crippen molar-refractivity contribution in [1.29, 1.82) is 0 Å². The molecule has 0 aliphatic heterocycles. The van der Waals surface area contributed by atoms with Crippen LogP contribution in [0.2, 0.25) is 0 Å². The van der Waals surface area contributed by atoms with Crippen molar-refractivity contribution in [2.45, 2.75) is 19.4 Å². The molecule has 1 unspecified atom stereocenters. The maximum absolute atomic E-state index is 12.7. The van der Waals surface area contributed by atoms with Gasteiger partial charge >= 0.3 is 6.03 Å². The third kappa shape index (κ3) is 4.55. The van der Waals surface area contributed by atoms with Crippen molar-refractivity contribution in [3.8, 4) is 0 Å². The van der Waals surface area contributed by atoms with E-state index in [1.165, 1.54) is 6.92 Å². The SMILES string of the molecule is CC(=O)c1ccc(NC(=O)NC(Cc2ccccc2)c2nc3ccccc3[nH]2)cc1. The van der Waals surface area contributed by atoms with Crippen LogP contribution in [0.25, 0.3) is 11.0 Å². The van der Waals surface area contributed by atoms with Crippen molar-refractivity contribution in [3.05, 3.63) is 95.8 Å². The first-order chi connectivity index (χ1) is 14.6. The lowest BCUT2D eigenvalue weighted by molar-refractivity contribution is 0.101. The molecule has 0 aliphatic carbocycles. The fourth-order valence-electron chi connectivity index (χ4n) is 3.32. The highest BCUT2D eigenvalue weighted by Gasteiger charge is 2.19. The predicted molar refractivity (Wildman–Crippen MR) is 118 cm³/mol. The molecule has 0 bridgehead atoms. The Labute approximate surface area is 174 Å². The number of para-hydroxylation sites is 2. The second kappa shape index (κ2) is 8.61. The topological polar surface area (TPSA) is 86.9 Å². The minimum absolute atomic E-state index is 0.0150. The Morgan fingerprint density at radius 3 is 2.33 bits per heavy atom. The van der Waals surface area contributed by atoms with E-state index in [4.69, 9.17) is 0 Å². The molecular formula is C24H22N4O2. The summed E-state index contributed by atoms with van der Waals surface area (Å²) < 4.78 is 0. The molecule has 0 fully saturated rings. The molecule has 4 aromatic rings. The number of hydrogen-bond donors (Lipinski definition) is 3. The summed E-state index contributed by atoms with van der Waals surface area (Å²) in [5.74, 6) is 0.681. The number of nitrogens with one attached hydrogen (secondary N) is 3. The summed E-state index contributed by atoms with van der Waals surface area (Å²) >= 11 is 0. The summed E-state index contributed by atoms with van der Waals surface area (Å²) in [6, 6.07) is 23.9. The van der Waals surface area contributed by atoms with Crippen LogP contribution in [-0.2, 0) is 6.42 Å². The molecule has 1 aromatic heterocycles. The van der Waals surface area contributed by atoms with E-state index in [-0.39, 0.29) is 17.9 Å². The Hall–Kier alpha value is -3.93. The third-order valence-electron chi connectivity index (χ3n) is 4.88. The molecule has 3 N–H and O–H groups in total. The van der Waals surface area contributed by atoms with Crippen LogP contribution in [0.5, 0.6) is 0 Å². The minimum Gasteiger partial charge on any atom is -0.340 e. The van der Waals surface area contributed by atoms with Crippen LogP contribution in [0.4, 0.5) is 10.5 Å². The molecule has 0 aliphatic rings. The largest absolute Gasteiger partial charge is 0.340 e. The Bertz CT molecular complexity index is 1130. The highest BCUT2D eigenvalue weighted by atomic mass is 16.2. The molecule has 1 heterocycles. The third-order valence-corrected chi connectivity index (χ3v) is 4.88. The van der Waals surface area contributed by atoms with Gasteiger partial charge in [0.2, 0.25) is 0 Å². The maximum atomic E-state index is 12.7. The van der Waals surface area contributed by atoms with Gasteiger partial charge in [0.05, 0.1) is 17.1 Å². The first kappa shape index (κ1) is 19.4. The number of fused-ring (bicyclic) bond motifs is 1. The lowest BCUT2D eigenvalue weighted by atomic mass is 10.1. The highest BCUT2D eigenvalue weighted by Crippen LogP contribution is 2.20. The number of benzene rings is 3. The lowest BCUT2D eigenvalue weighted by Crippen LogP contribution is -2.34. The second-order valence-electron chi connectivity index (χ2n) is 7.11. The van der Waals surface area contributed by atoms with Crippen LogP contribution in [0, 0.1) is 0 Å². The fourth-order valence-corrected chi connectivity index (χ4v) is 3.32.